The van der Waals surface area contributed by atoms with Gasteiger partial charge in [-0.25, -0.2) is 0 Å². The van der Waals surface area contributed by atoms with Gasteiger partial charge >= 0.3 is 0 Å². The van der Waals surface area contributed by atoms with Gasteiger partial charge < -0.3 is 15.0 Å². The van der Waals surface area contributed by atoms with E-state index in [1.54, 1.807) is 4.90 Å². The van der Waals surface area contributed by atoms with Crippen LogP contribution in [-0.2, 0) is 14.3 Å². The number of carbonyl (C=O) groups excluding carboxylic acids is 2. The van der Waals surface area contributed by atoms with Crippen LogP contribution in [0.3, 0.4) is 0 Å². The topological polar surface area (TPSA) is 58.6 Å². The Labute approximate surface area is 114 Å². The monoisotopic (exact) mass is 268 g/mol. The lowest BCUT2D eigenvalue weighted by molar-refractivity contribution is -0.147. The Bertz CT molecular complexity index is 338. The molecule has 2 rings (SSSR count). The molecule has 2 fully saturated rings. The second-order valence-electron chi connectivity index (χ2n) is 5.96. The minimum absolute atomic E-state index is 0.0440. The molecule has 2 unspecified atom stereocenters. The molecule has 2 aliphatic rings. The van der Waals surface area contributed by atoms with E-state index < -0.39 is 0 Å². The van der Waals surface area contributed by atoms with Crippen molar-refractivity contribution in [2.24, 2.45) is 5.92 Å². The van der Waals surface area contributed by atoms with E-state index in [9.17, 15) is 9.59 Å². The van der Waals surface area contributed by atoms with Crippen molar-refractivity contribution in [1.29, 1.82) is 0 Å². The Morgan fingerprint density at radius 3 is 2.79 bits per heavy atom. The summed E-state index contributed by atoms with van der Waals surface area (Å²) in [4.78, 5) is 25.7. The largest absolute Gasteiger partial charge is 0.376 e. The second-order valence-corrected chi connectivity index (χ2v) is 5.96. The Hall–Kier alpha value is -1.10. The molecule has 0 aromatic carbocycles. The van der Waals surface area contributed by atoms with Crippen LogP contribution in [0.5, 0.6) is 0 Å². The number of amides is 2. The predicted molar refractivity (Wildman–Crippen MR) is 71.6 cm³/mol. The molecule has 2 aliphatic heterocycles. The normalized spacial score (nSPS) is 28.7. The van der Waals surface area contributed by atoms with E-state index in [-0.39, 0.29) is 30.5 Å². The Morgan fingerprint density at radius 2 is 2.16 bits per heavy atom. The fraction of sp³-hybridized carbons (Fsp3) is 0.857. The lowest BCUT2D eigenvalue weighted by Crippen LogP contribution is -2.59. The van der Waals surface area contributed by atoms with Gasteiger partial charge in [-0.15, -0.1) is 0 Å². The Balaban J connectivity index is 1.94. The predicted octanol–water partition coefficient (Wildman–Crippen LogP) is 0.929. The summed E-state index contributed by atoms with van der Waals surface area (Å²) in [6.07, 6.45) is 4.03. The van der Waals surface area contributed by atoms with Crippen LogP contribution in [-0.4, -0.2) is 48.6 Å². The molecule has 0 saturated carbocycles. The average molecular weight is 268 g/mol. The molecular formula is C14H24N2O3. The molecule has 0 aromatic heterocycles. The second kappa shape index (κ2) is 6.37. The molecule has 2 heterocycles. The van der Waals surface area contributed by atoms with E-state index in [0.717, 1.165) is 25.9 Å². The van der Waals surface area contributed by atoms with Gasteiger partial charge in [0.25, 0.3) is 0 Å². The van der Waals surface area contributed by atoms with Gasteiger partial charge in [-0.2, -0.15) is 0 Å². The van der Waals surface area contributed by atoms with Crippen molar-refractivity contribution in [3.05, 3.63) is 0 Å². The van der Waals surface area contributed by atoms with Crippen LogP contribution >= 0.6 is 0 Å². The van der Waals surface area contributed by atoms with Crippen molar-refractivity contribution in [2.45, 2.75) is 51.7 Å². The maximum Gasteiger partial charge on any atom is 0.245 e. The highest BCUT2D eigenvalue weighted by Gasteiger charge is 2.34. The van der Waals surface area contributed by atoms with Crippen molar-refractivity contribution in [1.82, 2.24) is 10.2 Å². The van der Waals surface area contributed by atoms with Gasteiger partial charge in [0.1, 0.15) is 6.04 Å². The summed E-state index contributed by atoms with van der Waals surface area (Å²) in [6, 6.07) is -0.357. The summed E-state index contributed by atoms with van der Waals surface area (Å²) in [5, 5.41) is 2.79. The quantitative estimate of drug-likeness (QED) is 0.825. The third kappa shape index (κ3) is 3.93. The van der Waals surface area contributed by atoms with Gasteiger partial charge in [0.15, 0.2) is 0 Å². The Morgan fingerprint density at radius 1 is 1.37 bits per heavy atom. The van der Waals surface area contributed by atoms with Crippen LogP contribution in [0.15, 0.2) is 0 Å². The van der Waals surface area contributed by atoms with Gasteiger partial charge in [-0.05, 0) is 31.6 Å². The van der Waals surface area contributed by atoms with Crippen molar-refractivity contribution in [3.8, 4) is 0 Å². The van der Waals surface area contributed by atoms with Crippen LogP contribution in [0.4, 0.5) is 0 Å². The van der Waals surface area contributed by atoms with Crippen molar-refractivity contribution in [3.63, 3.8) is 0 Å². The molecule has 108 valence electrons. The molecule has 2 atom stereocenters. The first kappa shape index (κ1) is 14.3. The van der Waals surface area contributed by atoms with Gasteiger partial charge in [-0.1, -0.05) is 13.8 Å². The molecule has 0 bridgehead atoms. The fourth-order valence-corrected chi connectivity index (χ4v) is 2.76. The average Bonchev–Trinajstić information content (AvgIpc) is 2.35. The van der Waals surface area contributed by atoms with Gasteiger partial charge in [0.05, 0.1) is 12.6 Å². The van der Waals surface area contributed by atoms with Crippen LogP contribution in [0.25, 0.3) is 0 Å². The van der Waals surface area contributed by atoms with E-state index in [1.807, 2.05) is 0 Å². The molecule has 0 radical (unpaired) electrons. The minimum Gasteiger partial charge on any atom is -0.376 e. The van der Waals surface area contributed by atoms with Crippen LogP contribution in [0.2, 0.25) is 0 Å². The van der Waals surface area contributed by atoms with Gasteiger partial charge in [-0.3, -0.25) is 9.59 Å². The number of nitrogens with one attached hydrogen (secondary N) is 1. The van der Waals surface area contributed by atoms with Crippen molar-refractivity contribution in [2.75, 3.05) is 19.7 Å². The summed E-state index contributed by atoms with van der Waals surface area (Å²) >= 11 is 0. The SMILES string of the molecule is CC(C)CC1NC(=O)CN(CC2CCCCO2)C1=O. The summed E-state index contributed by atoms with van der Waals surface area (Å²) in [6.45, 7) is 5.62. The molecule has 5 heteroatoms. The standard InChI is InChI=1S/C14H24N2O3/c1-10(2)7-12-14(18)16(9-13(17)15-12)8-11-5-3-4-6-19-11/h10-12H,3-9H2,1-2H3,(H,15,17). The highest BCUT2D eigenvalue weighted by Crippen LogP contribution is 2.17. The maximum atomic E-state index is 12.3. The maximum absolute atomic E-state index is 12.3. The molecule has 1 N–H and O–H groups in total. The summed E-state index contributed by atoms with van der Waals surface area (Å²) < 4.78 is 5.65. The summed E-state index contributed by atoms with van der Waals surface area (Å²) in [7, 11) is 0. The number of nitrogens with zero attached hydrogens (tertiary/aromatic N) is 1. The highest BCUT2D eigenvalue weighted by molar-refractivity contribution is 5.94. The lowest BCUT2D eigenvalue weighted by atomic mass is 10.00. The number of carbonyl (C=O) groups is 2. The van der Waals surface area contributed by atoms with Crippen LogP contribution in [0.1, 0.15) is 39.5 Å². The zero-order valence-electron chi connectivity index (χ0n) is 11.9. The third-order valence-electron chi connectivity index (χ3n) is 3.68. The van der Waals surface area contributed by atoms with E-state index in [4.69, 9.17) is 4.74 Å². The number of ether oxygens (including phenoxy) is 1. The van der Waals surface area contributed by atoms with Crippen molar-refractivity contribution < 1.29 is 14.3 Å². The molecule has 19 heavy (non-hydrogen) atoms. The molecule has 0 aromatic rings. The number of hydrogen-bond donors (Lipinski definition) is 1. The molecule has 5 nitrogen and oxygen atoms in total. The molecular weight excluding hydrogens is 244 g/mol. The Kier molecular flexibility index (Phi) is 4.80. The van der Waals surface area contributed by atoms with E-state index >= 15 is 0 Å². The van der Waals surface area contributed by atoms with Gasteiger partial charge in [0.2, 0.25) is 11.8 Å². The first-order chi connectivity index (χ1) is 9.06. The number of rotatable bonds is 4. The first-order valence-corrected chi connectivity index (χ1v) is 7.26. The van der Waals surface area contributed by atoms with Crippen LogP contribution < -0.4 is 5.32 Å². The van der Waals surface area contributed by atoms with Crippen molar-refractivity contribution >= 4 is 11.8 Å². The highest BCUT2D eigenvalue weighted by atomic mass is 16.5. The number of piperazine rings is 1. The summed E-state index contributed by atoms with van der Waals surface area (Å²) in [5.74, 6) is 0.378. The smallest absolute Gasteiger partial charge is 0.245 e. The third-order valence-corrected chi connectivity index (χ3v) is 3.68. The van der Waals surface area contributed by atoms with Gasteiger partial charge in [0, 0.05) is 13.2 Å². The zero-order valence-corrected chi connectivity index (χ0v) is 11.9. The molecule has 2 saturated heterocycles. The van der Waals surface area contributed by atoms with E-state index in [0.29, 0.717) is 18.9 Å². The minimum atomic E-state index is -0.357. The lowest BCUT2D eigenvalue weighted by Gasteiger charge is -2.36. The summed E-state index contributed by atoms with van der Waals surface area (Å²) in [5.41, 5.74) is 0. The molecule has 0 spiro atoms. The number of hydrogen-bond acceptors (Lipinski definition) is 3. The fourth-order valence-electron chi connectivity index (χ4n) is 2.76. The zero-order chi connectivity index (χ0) is 13.8. The van der Waals surface area contributed by atoms with E-state index in [2.05, 4.69) is 19.2 Å². The van der Waals surface area contributed by atoms with E-state index in [1.165, 1.54) is 0 Å². The molecule has 2 amide bonds. The molecule has 0 aliphatic carbocycles. The van der Waals surface area contributed by atoms with Crippen LogP contribution in [0, 0.1) is 5.92 Å². The first-order valence-electron chi connectivity index (χ1n) is 7.26.